The molecule has 2 aromatic rings. The number of benzene rings is 1. The summed E-state index contributed by atoms with van der Waals surface area (Å²) in [5, 5.41) is 38.8. The van der Waals surface area contributed by atoms with Crippen molar-refractivity contribution < 1.29 is 34.4 Å². The first-order chi connectivity index (χ1) is 15.8. The Labute approximate surface area is 190 Å². The summed E-state index contributed by atoms with van der Waals surface area (Å²) in [6, 6.07) is 2.87. The van der Waals surface area contributed by atoms with Gasteiger partial charge in [-0.3, -0.25) is 4.79 Å². The third-order valence-electron chi connectivity index (χ3n) is 5.28. The number of aliphatic hydroxyl groups excluding tert-OH is 2. The van der Waals surface area contributed by atoms with E-state index in [1.807, 2.05) is 0 Å². The number of phenols is 1. The molecule has 3 unspecified atom stereocenters. The van der Waals surface area contributed by atoms with Crippen LogP contribution in [0.2, 0.25) is 0 Å². The average Bonchev–Trinajstić information content (AvgIpc) is 3.29. The first-order valence-corrected chi connectivity index (χ1v) is 10.6. The molecule has 10 heteroatoms. The number of ether oxygens (including phenoxy) is 2. The van der Waals surface area contributed by atoms with E-state index in [1.54, 1.807) is 32.3 Å². The number of nitrogens with zero attached hydrogens (tertiary/aromatic N) is 3. The van der Waals surface area contributed by atoms with Crippen molar-refractivity contribution in [3.05, 3.63) is 53.9 Å². The van der Waals surface area contributed by atoms with Crippen molar-refractivity contribution >= 4 is 17.8 Å². The fraction of sp³-hybridized carbons (Fsp3) is 0.391. The summed E-state index contributed by atoms with van der Waals surface area (Å²) < 4.78 is 11.2. The summed E-state index contributed by atoms with van der Waals surface area (Å²) in [6.45, 7) is 3.99. The third-order valence-corrected chi connectivity index (χ3v) is 5.28. The number of aromatic hydroxyl groups is 1. The van der Waals surface area contributed by atoms with E-state index in [0.29, 0.717) is 17.9 Å². The molecule has 0 radical (unpaired) electrons. The molecule has 1 aliphatic rings. The van der Waals surface area contributed by atoms with Crippen LogP contribution in [0, 0.1) is 5.92 Å². The van der Waals surface area contributed by atoms with Gasteiger partial charge in [0, 0.05) is 12.0 Å². The quantitative estimate of drug-likeness (QED) is 0.582. The SMILES string of the molecule is CC1OC(=O)c2c(O)cc(OCCn3nccn3)cc2/C=C/CC(O)C(O)C(=O)/C=C\[C@H]1C. The minimum Gasteiger partial charge on any atom is -0.507 e. The molecule has 33 heavy (non-hydrogen) atoms. The van der Waals surface area contributed by atoms with Crippen LogP contribution in [0.1, 0.15) is 36.2 Å². The Bertz CT molecular complexity index is 1030. The van der Waals surface area contributed by atoms with Gasteiger partial charge in [0.05, 0.1) is 25.0 Å². The van der Waals surface area contributed by atoms with Gasteiger partial charge in [0.1, 0.15) is 35.9 Å². The van der Waals surface area contributed by atoms with Crippen LogP contribution in [0.4, 0.5) is 0 Å². The number of aromatic nitrogens is 3. The predicted octanol–water partition coefficient (Wildman–Crippen LogP) is 1.51. The summed E-state index contributed by atoms with van der Waals surface area (Å²) >= 11 is 0. The number of hydrogen-bond donors (Lipinski definition) is 3. The zero-order valence-electron chi connectivity index (χ0n) is 18.4. The van der Waals surface area contributed by atoms with Crippen LogP contribution in [0.3, 0.4) is 0 Å². The van der Waals surface area contributed by atoms with Crippen LogP contribution < -0.4 is 4.74 Å². The Morgan fingerprint density at radius 3 is 2.61 bits per heavy atom. The first-order valence-electron chi connectivity index (χ1n) is 10.6. The molecule has 4 atom stereocenters. The van der Waals surface area contributed by atoms with Crippen LogP contribution in [0.5, 0.6) is 11.5 Å². The highest BCUT2D eigenvalue weighted by Gasteiger charge is 2.25. The predicted molar refractivity (Wildman–Crippen MR) is 117 cm³/mol. The summed E-state index contributed by atoms with van der Waals surface area (Å²) in [4.78, 5) is 26.4. The van der Waals surface area contributed by atoms with E-state index >= 15 is 0 Å². The van der Waals surface area contributed by atoms with Crippen molar-refractivity contribution in [2.45, 2.75) is 45.1 Å². The number of cyclic esters (lactones) is 1. The number of esters is 1. The molecule has 2 heterocycles. The lowest BCUT2D eigenvalue weighted by atomic mass is 9.99. The molecule has 176 valence electrons. The van der Waals surface area contributed by atoms with E-state index in [9.17, 15) is 24.9 Å². The number of rotatable bonds is 4. The number of carbonyl (C=O) groups is 2. The van der Waals surface area contributed by atoms with Crippen molar-refractivity contribution in [1.82, 2.24) is 15.0 Å². The monoisotopic (exact) mass is 457 g/mol. The molecule has 0 fully saturated rings. The van der Waals surface area contributed by atoms with Crippen LogP contribution in [0.25, 0.3) is 6.08 Å². The smallest absolute Gasteiger partial charge is 0.342 e. The van der Waals surface area contributed by atoms with Crippen LogP contribution in [-0.2, 0) is 16.1 Å². The molecule has 0 saturated carbocycles. The van der Waals surface area contributed by atoms with E-state index in [4.69, 9.17) is 9.47 Å². The minimum atomic E-state index is -1.59. The fourth-order valence-electron chi connectivity index (χ4n) is 3.15. The Morgan fingerprint density at radius 2 is 1.88 bits per heavy atom. The summed E-state index contributed by atoms with van der Waals surface area (Å²) in [5.74, 6) is -1.76. The van der Waals surface area contributed by atoms with E-state index in [0.717, 1.165) is 0 Å². The second-order valence-electron chi connectivity index (χ2n) is 7.76. The maximum Gasteiger partial charge on any atom is 0.342 e. The highest BCUT2D eigenvalue weighted by molar-refractivity contribution is 5.97. The van der Waals surface area contributed by atoms with Gasteiger partial charge < -0.3 is 24.8 Å². The molecule has 0 bridgehead atoms. The van der Waals surface area contributed by atoms with Crippen LogP contribution in [0.15, 0.2) is 42.8 Å². The van der Waals surface area contributed by atoms with Gasteiger partial charge in [0.15, 0.2) is 5.78 Å². The van der Waals surface area contributed by atoms with Gasteiger partial charge in [-0.1, -0.05) is 25.2 Å². The number of hydrogen-bond acceptors (Lipinski definition) is 9. The molecule has 1 aliphatic heterocycles. The van der Waals surface area contributed by atoms with Crippen molar-refractivity contribution in [2.75, 3.05) is 6.61 Å². The Morgan fingerprint density at radius 1 is 1.15 bits per heavy atom. The lowest BCUT2D eigenvalue weighted by Crippen LogP contribution is -2.32. The van der Waals surface area contributed by atoms with Crippen LogP contribution >= 0.6 is 0 Å². The lowest BCUT2D eigenvalue weighted by Gasteiger charge is -2.20. The van der Waals surface area contributed by atoms with E-state index < -0.39 is 30.1 Å². The van der Waals surface area contributed by atoms with Gasteiger partial charge in [-0.05, 0) is 31.1 Å². The topological polar surface area (TPSA) is 144 Å². The summed E-state index contributed by atoms with van der Waals surface area (Å²) in [7, 11) is 0. The lowest BCUT2D eigenvalue weighted by molar-refractivity contribution is -0.127. The van der Waals surface area contributed by atoms with Gasteiger partial charge in [0.25, 0.3) is 0 Å². The first kappa shape index (κ1) is 24.1. The van der Waals surface area contributed by atoms with Gasteiger partial charge >= 0.3 is 5.97 Å². The average molecular weight is 457 g/mol. The number of ketones is 1. The van der Waals surface area contributed by atoms with Gasteiger partial charge in [-0.2, -0.15) is 15.0 Å². The molecule has 3 N–H and O–H groups in total. The number of carbonyl (C=O) groups excluding carboxylic acids is 2. The maximum atomic E-state index is 12.9. The van der Waals surface area contributed by atoms with Crippen molar-refractivity contribution in [1.29, 1.82) is 0 Å². The molecule has 0 amide bonds. The number of aliphatic hydroxyl groups is 2. The molecule has 3 rings (SSSR count). The summed E-state index contributed by atoms with van der Waals surface area (Å²) in [6.07, 6.45) is 5.15. The molecule has 0 aliphatic carbocycles. The molecule has 10 nitrogen and oxygen atoms in total. The second kappa shape index (κ2) is 10.9. The van der Waals surface area contributed by atoms with Crippen LogP contribution in [-0.4, -0.2) is 67.0 Å². The molecular formula is C23H27N3O7. The number of fused-ring (bicyclic) bond motifs is 1. The zero-order valence-corrected chi connectivity index (χ0v) is 18.4. The minimum absolute atomic E-state index is 0.0569. The van der Waals surface area contributed by atoms with Gasteiger partial charge in [-0.25, -0.2) is 4.79 Å². The Kier molecular flexibility index (Phi) is 7.96. The van der Waals surface area contributed by atoms with Gasteiger partial charge in [0.2, 0.25) is 0 Å². The normalized spacial score (nSPS) is 26.1. The van der Waals surface area contributed by atoms with Crippen molar-refractivity contribution in [3.8, 4) is 11.5 Å². The third kappa shape index (κ3) is 6.27. The van der Waals surface area contributed by atoms with Crippen molar-refractivity contribution in [3.63, 3.8) is 0 Å². The number of phenolic OH excluding ortho intramolecular Hbond substituents is 1. The van der Waals surface area contributed by atoms with Gasteiger partial charge in [-0.15, -0.1) is 0 Å². The fourth-order valence-corrected chi connectivity index (χ4v) is 3.15. The largest absolute Gasteiger partial charge is 0.507 e. The maximum absolute atomic E-state index is 12.9. The molecule has 0 spiro atoms. The second-order valence-corrected chi connectivity index (χ2v) is 7.76. The zero-order chi connectivity index (χ0) is 24.0. The molecule has 0 saturated heterocycles. The standard InChI is InChI=1S/C23H27N3O7/c1-14-6-7-19(28)22(30)18(27)5-3-4-16-12-17(32-11-10-26-24-8-9-25-26)13-20(29)21(16)23(31)33-15(14)2/h3-4,6-9,12-15,18,22,27,29-30H,5,10-11H2,1-2H3/b4-3+,7-6-/t14-,15?,18?,22?/m1/s1. The molecule has 1 aromatic carbocycles. The van der Waals surface area contributed by atoms with Crippen molar-refractivity contribution in [2.24, 2.45) is 5.92 Å². The highest BCUT2D eigenvalue weighted by atomic mass is 16.5. The van der Waals surface area contributed by atoms with E-state index in [-0.39, 0.29) is 30.3 Å². The molecule has 1 aromatic heterocycles. The Hall–Kier alpha value is -3.50. The summed E-state index contributed by atoms with van der Waals surface area (Å²) in [5.41, 5.74) is 0.242. The van der Waals surface area contributed by atoms with E-state index in [2.05, 4.69) is 10.2 Å². The molecular weight excluding hydrogens is 430 g/mol. The Balaban J connectivity index is 1.89. The highest BCUT2D eigenvalue weighted by Crippen LogP contribution is 2.31. The van der Waals surface area contributed by atoms with E-state index in [1.165, 1.54) is 35.2 Å².